The summed E-state index contributed by atoms with van der Waals surface area (Å²) in [5.74, 6) is -0.234. The van der Waals surface area contributed by atoms with Gasteiger partial charge in [-0.2, -0.15) is 0 Å². The van der Waals surface area contributed by atoms with E-state index in [2.05, 4.69) is 17.1 Å². The number of carbonyl (C=O) groups is 1. The first-order valence-corrected chi connectivity index (χ1v) is 9.05. The molecule has 0 radical (unpaired) electrons. The predicted molar refractivity (Wildman–Crippen MR) is 101 cm³/mol. The Labute approximate surface area is 153 Å². The minimum absolute atomic E-state index is 0.234. The number of rotatable bonds is 5. The van der Waals surface area contributed by atoms with Crippen LogP contribution in [0.3, 0.4) is 0 Å². The maximum absolute atomic E-state index is 12.6. The lowest BCUT2D eigenvalue weighted by Crippen LogP contribution is -2.15. The van der Waals surface area contributed by atoms with Crippen molar-refractivity contribution >= 4 is 5.97 Å². The molecule has 0 N–H and O–H groups in total. The Morgan fingerprint density at radius 2 is 1.77 bits per heavy atom. The summed E-state index contributed by atoms with van der Waals surface area (Å²) in [6, 6.07) is 21.8. The first-order valence-electron chi connectivity index (χ1n) is 9.05. The monoisotopic (exact) mass is 343 g/mol. The minimum atomic E-state index is -0.487. The van der Waals surface area contributed by atoms with Crippen LogP contribution in [-0.2, 0) is 28.8 Å². The average Bonchev–Trinajstić information content (AvgIpc) is 3.15. The van der Waals surface area contributed by atoms with Crippen molar-refractivity contribution in [2.45, 2.75) is 31.8 Å². The first kappa shape index (κ1) is 16.5. The van der Waals surface area contributed by atoms with Crippen molar-refractivity contribution in [3.8, 4) is 0 Å². The third-order valence-electron chi connectivity index (χ3n) is 4.82. The Morgan fingerprint density at radius 1 is 0.962 bits per heavy atom. The minimum Gasteiger partial charge on any atom is -0.451 e. The van der Waals surface area contributed by atoms with Gasteiger partial charge in [0.2, 0.25) is 0 Å². The standard InChI is InChI=1S/C23H21NO2/c25-22(16-17-12-13-18-9-6-10-20(18)15-17)26-23(19-7-2-1-3-8-19)21-11-4-5-14-24-21/h1-5,7-8,11-15,23H,6,9-10,16H2/t23-/m1/s1. The molecule has 3 heteroatoms. The number of aromatic nitrogens is 1. The molecular formula is C23H21NO2. The number of ether oxygens (including phenoxy) is 1. The zero-order valence-electron chi connectivity index (χ0n) is 14.6. The van der Waals surface area contributed by atoms with E-state index in [4.69, 9.17) is 4.74 Å². The quantitative estimate of drug-likeness (QED) is 0.643. The van der Waals surface area contributed by atoms with Crippen LogP contribution >= 0.6 is 0 Å². The van der Waals surface area contributed by atoms with E-state index < -0.39 is 6.10 Å². The summed E-state index contributed by atoms with van der Waals surface area (Å²) >= 11 is 0. The fourth-order valence-corrected chi connectivity index (χ4v) is 3.53. The summed E-state index contributed by atoms with van der Waals surface area (Å²) in [6.07, 6.45) is 4.98. The lowest BCUT2D eigenvalue weighted by atomic mass is 10.0. The molecule has 4 rings (SSSR count). The number of esters is 1. The molecule has 1 aliphatic rings. The van der Waals surface area contributed by atoms with Crippen LogP contribution in [0.4, 0.5) is 0 Å². The first-order chi connectivity index (χ1) is 12.8. The highest BCUT2D eigenvalue weighted by atomic mass is 16.5. The molecule has 0 amide bonds. The van der Waals surface area contributed by atoms with Crippen LogP contribution in [0.1, 0.15) is 40.5 Å². The van der Waals surface area contributed by atoms with Crippen LogP contribution < -0.4 is 0 Å². The van der Waals surface area contributed by atoms with Gasteiger partial charge in [-0.05, 0) is 53.6 Å². The Kier molecular flexibility index (Phi) is 4.78. The van der Waals surface area contributed by atoms with Crippen LogP contribution in [0, 0.1) is 0 Å². The normalized spacial score (nSPS) is 13.8. The zero-order valence-corrected chi connectivity index (χ0v) is 14.6. The van der Waals surface area contributed by atoms with Crippen molar-refractivity contribution in [1.82, 2.24) is 4.98 Å². The number of aryl methyl sites for hydroxylation is 2. The van der Waals surface area contributed by atoms with E-state index in [0.717, 1.165) is 29.7 Å². The maximum atomic E-state index is 12.6. The zero-order chi connectivity index (χ0) is 17.8. The molecule has 0 bridgehead atoms. The van der Waals surface area contributed by atoms with Gasteiger partial charge in [-0.25, -0.2) is 0 Å². The van der Waals surface area contributed by atoms with Gasteiger partial charge in [-0.15, -0.1) is 0 Å². The second kappa shape index (κ2) is 7.52. The van der Waals surface area contributed by atoms with Crippen molar-refractivity contribution in [2.75, 3.05) is 0 Å². The van der Waals surface area contributed by atoms with Crippen molar-refractivity contribution < 1.29 is 9.53 Å². The molecule has 0 aliphatic heterocycles. The fraction of sp³-hybridized carbons (Fsp3) is 0.217. The van der Waals surface area contributed by atoms with Crippen LogP contribution in [-0.4, -0.2) is 11.0 Å². The van der Waals surface area contributed by atoms with Crippen molar-refractivity contribution in [3.63, 3.8) is 0 Å². The number of fused-ring (bicyclic) bond motifs is 1. The van der Waals surface area contributed by atoms with Gasteiger partial charge in [0, 0.05) is 6.20 Å². The van der Waals surface area contributed by atoms with Gasteiger partial charge < -0.3 is 4.74 Å². The Hall–Kier alpha value is -2.94. The number of benzene rings is 2. The number of hydrogen-bond acceptors (Lipinski definition) is 3. The molecule has 2 aromatic carbocycles. The van der Waals surface area contributed by atoms with Gasteiger partial charge in [0.05, 0.1) is 12.1 Å². The Balaban J connectivity index is 1.53. The van der Waals surface area contributed by atoms with Crippen LogP contribution in [0.2, 0.25) is 0 Å². The number of hydrogen-bond donors (Lipinski definition) is 0. The van der Waals surface area contributed by atoms with E-state index in [1.807, 2.05) is 54.6 Å². The maximum Gasteiger partial charge on any atom is 0.311 e. The Morgan fingerprint density at radius 3 is 2.58 bits per heavy atom. The van der Waals surface area contributed by atoms with Crippen molar-refractivity contribution in [3.05, 3.63) is 101 Å². The highest BCUT2D eigenvalue weighted by molar-refractivity contribution is 5.73. The van der Waals surface area contributed by atoms with E-state index in [1.165, 1.54) is 17.5 Å². The topological polar surface area (TPSA) is 39.2 Å². The molecule has 0 saturated carbocycles. The van der Waals surface area contributed by atoms with Gasteiger partial charge >= 0.3 is 5.97 Å². The van der Waals surface area contributed by atoms with E-state index in [9.17, 15) is 4.79 Å². The molecule has 1 aliphatic carbocycles. The van der Waals surface area contributed by atoms with E-state index >= 15 is 0 Å². The molecule has 1 heterocycles. The highest BCUT2D eigenvalue weighted by Crippen LogP contribution is 2.26. The molecule has 0 fully saturated rings. The molecule has 0 unspecified atom stereocenters. The van der Waals surface area contributed by atoms with Gasteiger partial charge in [0.15, 0.2) is 6.10 Å². The molecule has 3 aromatic rings. The third kappa shape index (κ3) is 3.67. The summed E-state index contributed by atoms with van der Waals surface area (Å²) in [5, 5.41) is 0. The molecule has 1 atom stereocenters. The third-order valence-corrected chi connectivity index (χ3v) is 4.82. The van der Waals surface area contributed by atoms with E-state index in [-0.39, 0.29) is 12.4 Å². The number of carbonyl (C=O) groups excluding carboxylic acids is 1. The van der Waals surface area contributed by atoms with E-state index in [1.54, 1.807) is 6.20 Å². The van der Waals surface area contributed by atoms with Gasteiger partial charge in [0.1, 0.15) is 0 Å². The van der Waals surface area contributed by atoms with E-state index in [0.29, 0.717) is 0 Å². The summed E-state index contributed by atoms with van der Waals surface area (Å²) in [4.78, 5) is 17.0. The Bertz CT molecular complexity index is 851. The fourth-order valence-electron chi connectivity index (χ4n) is 3.53. The van der Waals surface area contributed by atoms with Crippen molar-refractivity contribution in [1.29, 1.82) is 0 Å². The van der Waals surface area contributed by atoms with Gasteiger partial charge in [0.25, 0.3) is 0 Å². The summed E-state index contributed by atoms with van der Waals surface area (Å²) < 4.78 is 5.84. The lowest BCUT2D eigenvalue weighted by molar-refractivity contribution is -0.146. The van der Waals surface area contributed by atoms with Crippen LogP contribution in [0.5, 0.6) is 0 Å². The molecule has 0 saturated heterocycles. The molecule has 26 heavy (non-hydrogen) atoms. The lowest BCUT2D eigenvalue weighted by Gasteiger charge is -2.18. The summed E-state index contributed by atoms with van der Waals surface area (Å²) in [6.45, 7) is 0. The van der Waals surface area contributed by atoms with Crippen molar-refractivity contribution in [2.24, 2.45) is 0 Å². The second-order valence-corrected chi connectivity index (χ2v) is 6.67. The number of nitrogens with zero attached hydrogens (tertiary/aromatic N) is 1. The highest BCUT2D eigenvalue weighted by Gasteiger charge is 2.21. The largest absolute Gasteiger partial charge is 0.451 e. The smallest absolute Gasteiger partial charge is 0.311 e. The molecule has 130 valence electrons. The average molecular weight is 343 g/mol. The van der Waals surface area contributed by atoms with Gasteiger partial charge in [-0.3, -0.25) is 9.78 Å². The summed E-state index contributed by atoms with van der Waals surface area (Å²) in [7, 11) is 0. The molecule has 0 spiro atoms. The van der Waals surface area contributed by atoms with Gasteiger partial charge in [-0.1, -0.05) is 54.6 Å². The molecule has 3 nitrogen and oxygen atoms in total. The molecular weight excluding hydrogens is 322 g/mol. The van der Waals surface area contributed by atoms with Crippen LogP contribution in [0.15, 0.2) is 72.9 Å². The SMILES string of the molecule is O=C(Cc1ccc2c(c1)CCC2)O[C@H](c1ccccc1)c1ccccn1. The molecule has 1 aromatic heterocycles. The number of pyridine rings is 1. The summed E-state index contributed by atoms with van der Waals surface area (Å²) in [5.41, 5.74) is 5.47. The predicted octanol–water partition coefficient (Wildman–Crippen LogP) is 4.45. The van der Waals surface area contributed by atoms with Crippen LogP contribution in [0.25, 0.3) is 0 Å². The second-order valence-electron chi connectivity index (χ2n) is 6.67.